The van der Waals surface area contributed by atoms with Gasteiger partial charge in [0.2, 0.25) is 0 Å². The van der Waals surface area contributed by atoms with Crippen LogP contribution in [0.5, 0.6) is 0 Å². The van der Waals surface area contributed by atoms with Crippen molar-refractivity contribution in [3.63, 3.8) is 0 Å². The molecule has 2 rings (SSSR count). The number of aromatic amines is 2. The van der Waals surface area contributed by atoms with Gasteiger partial charge in [-0.05, 0) is 0 Å². The molecule has 0 unspecified atom stereocenters. The van der Waals surface area contributed by atoms with Crippen LogP contribution in [0.1, 0.15) is 10.4 Å². The molecule has 0 saturated heterocycles. The number of H-pyrrole nitrogens is 2. The van der Waals surface area contributed by atoms with Crippen LogP contribution in [0.3, 0.4) is 0 Å². The Kier molecular flexibility index (Phi) is 2.02. The Hall–Kier alpha value is -2.11. The van der Waals surface area contributed by atoms with Gasteiger partial charge >= 0.3 is 0 Å². The predicted molar refractivity (Wildman–Crippen MR) is 49.9 cm³/mol. The minimum absolute atomic E-state index is 0.136. The fourth-order valence-corrected chi connectivity index (χ4v) is 1.10. The van der Waals surface area contributed by atoms with E-state index < -0.39 is 0 Å². The molecule has 0 aliphatic heterocycles. The molecule has 0 spiro atoms. The predicted octanol–water partition coefficient (Wildman–Crippen LogP) is 0.409. The zero-order valence-corrected chi connectivity index (χ0v) is 7.56. The van der Waals surface area contributed by atoms with E-state index in [2.05, 4.69) is 20.2 Å². The number of hydrogen-bond acceptors (Lipinski definition) is 3. The first-order valence-corrected chi connectivity index (χ1v) is 4.04. The highest BCUT2D eigenvalue weighted by atomic mass is 16.2. The van der Waals surface area contributed by atoms with Crippen molar-refractivity contribution in [3.05, 3.63) is 30.5 Å². The number of rotatable bonds is 2. The Balaban J connectivity index is 2.21. The second-order valence-corrected chi connectivity index (χ2v) is 2.79. The normalized spacial score (nSPS) is 10.1. The van der Waals surface area contributed by atoms with Crippen molar-refractivity contribution in [2.24, 2.45) is 0 Å². The lowest BCUT2D eigenvalue weighted by Gasteiger charge is -2.12. The van der Waals surface area contributed by atoms with Crippen LogP contribution in [0.2, 0.25) is 0 Å². The molecule has 2 N–H and O–H groups in total. The zero-order chi connectivity index (χ0) is 9.97. The summed E-state index contributed by atoms with van der Waals surface area (Å²) in [7, 11) is 1.67. The van der Waals surface area contributed by atoms with E-state index in [0.29, 0.717) is 11.4 Å². The highest BCUT2D eigenvalue weighted by Crippen LogP contribution is 2.09. The number of carbonyl (C=O) groups excluding carboxylic acids is 1. The van der Waals surface area contributed by atoms with Gasteiger partial charge in [-0.25, -0.2) is 4.98 Å². The van der Waals surface area contributed by atoms with E-state index in [4.69, 9.17) is 0 Å². The molecule has 0 aliphatic carbocycles. The third-order valence-electron chi connectivity index (χ3n) is 1.89. The highest BCUT2D eigenvalue weighted by Gasteiger charge is 2.14. The molecule has 0 aromatic carbocycles. The van der Waals surface area contributed by atoms with Crippen molar-refractivity contribution in [3.8, 4) is 0 Å². The largest absolute Gasteiger partial charge is 0.331 e. The summed E-state index contributed by atoms with van der Waals surface area (Å²) < 4.78 is 0. The van der Waals surface area contributed by atoms with Gasteiger partial charge in [0, 0.05) is 13.2 Å². The lowest BCUT2D eigenvalue weighted by atomic mass is 10.3. The second-order valence-electron chi connectivity index (χ2n) is 2.79. The summed E-state index contributed by atoms with van der Waals surface area (Å²) in [6.07, 6.45) is 6.14. The average Bonchev–Trinajstić information content (AvgIpc) is 2.87. The lowest BCUT2D eigenvalue weighted by molar-refractivity contribution is 0.0992. The van der Waals surface area contributed by atoms with Gasteiger partial charge in [-0.3, -0.25) is 14.8 Å². The van der Waals surface area contributed by atoms with Gasteiger partial charge in [-0.15, -0.1) is 0 Å². The molecule has 0 bridgehead atoms. The molecular weight excluding hydrogens is 182 g/mol. The summed E-state index contributed by atoms with van der Waals surface area (Å²) in [5.41, 5.74) is 0.516. The first-order chi connectivity index (χ1) is 6.79. The van der Waals surface area contributed by atoms with Crippen LogP contribution in [0.4, 0.5) is 5.82 Å². The summed E-state index contributed by atoms with van der Waals surface area (Å²) in [5, 5.41) is 6.30. The molecule has 2 heterocycles. The SMILES string of the molecule is CN(C(=O)c1cn[nH]c1)c1cnc[nH]1. The van der Waals surface area contributed by atoms with Crippen LogP contribution in [-0.4, -0.2) is 33.1 Å². The van der Waals surface area contributed by atoms with Crippen LogP contribution in [-0.2, 0) is 0 Å². The van der Waals surface area contributed by atoms with Crippen LogP contribution in [0.25, 0.3) is 0 Å². The monoisotopic (exact) mass is 191 g/mol. The maximum Gasteiger partial charge on any atom is 0.262 e. The quantitative estimate of drug-likeness (QED) is 0.721. The Bertz CT molecular complexity index is 405. The van der Waals surface area contributed by atoms with Crippen molar-refractivity contribution >= 4 is 11.7 Å². The van der Waals surface area contributed by atoms with Crippen LogP contribution in [0, 0.1) is 0 Å². The first-order valence-electron chi connectivity index (χ1n) is 4.04. The number of imidazole rings is 1. The van der Waals surface area contributed by atoms with E-state index >= 15 is 0 Å². The summed E-state index contributed by atoms with van der Waals surface area (Å²) >= 11 is 0. The Morgan fingerprint density at radius 2 is 2.36 bits per heavy atom. The molecule has 14 heavy (non-hydrogen) atoms. The number of aromatic nitrogens is 4. The lowest BCUT2D eigenvalue weighted by Crippen LogP contribution is -2.26. The van der Waals surface area contributed by atoms with Gasteiger partial charge in [-0.1, -0.05) is 0 Å². The standard InChI is InChI=1S/C8H9N5O/c1-13(7-4-9-5-10-7)8(14)6-2-11-12-3-6/h2-5H,1H3,(H,9,10)(H,11,12). The molecule has 0 saturated carbocycles. The molecule has 72 valence electrons. The summed E-state index contributed by atoms with van der Waals surface area (Å²) in [6.45, 7) is 0. The van der Waals surface area contributed by atoms with E-state index in [-0.39, 0.29) is 5.91 Å². The molecule has 0 aliphatic rings. The van der Waals surface area contributed by atoms with E-state index in [1.54, 1.807) is 19.4 Å². The number of nitrogens with one attached hydrogen (secondary N) is 2. The number of amides is 1. The van der Waals surface area contributed by atoms with Crippen LogP contribution >= 0.6 is 0 Å². The molecule has 0 fully saturated rings. The fourth-order valence-electron chi connectivity index (χ4n) is 1.10. The molecule has 2 aromatic rings. The van der Waals surface area contributed by atoms with Gasteiger partial charge in [-0.2, -0.15) is 5.10 Å². The van der Waals surface area contributed by atoms with E-state index in [1.165, 1.54) is 17.4 Å². The first kappa shape index (κ1) is 8.49. The van der Waals surface area contributed by atoms with Crippen molar-refractivity contribution in [1.82, 2.24) is 20.2 Å². The maximum absolute atomic E-state index is 11.7. The van der Waals surface area contributed by atoms with Crippen molar-refractivity contribution in [2.45, 2.75) is 0 Å². The minimum atomic E-state index is -0.136. The summed E-state index contributed by atoms with van der Waals surface area (Å²) in [5.74, 6) is 0.513. The van der Waals surface area contributed by atoms with Crippen molar-refractivity contribution in [2.75, 3.05) is 11.9 Å². The molecule has 1 amide bonds. The number of carbonyl (C=O) groups is 1. The third-order valence-corrected chi connectivity index (χ3v) is 1.89. The number of hydrogen-bond donors (Lipinski definition) is 2. The van der Waals surface area contributed by atoms with Crippen LogP contribution < -0.4 is 4.90 Å². The van der Waals surface area contributed by atoms with E-state index in [1.807, 2.05) is 0 Å². The Morgan fingerprint density at radius 1 is 1.50 bits per heavy atom. The molecule has 6 heteroatoms. The van der Waals surface area contributed by atoms with E-state index in [0.717, 1.165) is 0 Å². The molecule has 6 nitrogen and oxygen atoms in total. The Labute approximate surface area is 80.0 Å². The van der Waals surface area contributed by atoms with Crippen LogP contribution in [0.15, 0.2) is 24.9 Å². The summed E-state index contributed by atoms with van der Waals surface area (Å²) in [4.78, 5) is 19.9. The van der Waals surface area contributed by atoms with Gasteiger partial charge in [0.1, 0.15) is 5.82 Å². The zero-order valence-electron chi connectivity index (χ0n) is 7.56. The molecule has 0 radical (unpaired) electrons. The van der Waals surface area contributed by atoms with Gasteiger partial charge < -0.3 is 4.98 Å². The van der Waals surface area contributed by atoms with Gasteiger partial charge in [0.25, 0.3) is 5.91 Å². The third kappa shape index (κ3) is 1.37. The Morgan fingerprint density at radius 3 is 2.93 bits per heavy atom. The number of anilines is 1. The smallest absolute Gasteiger partial charge is 0.262 e. The average molecular weight is 191 g/mol. The number of nitrogens with zero attached hydrogens (tertiary/aromatic N) is 3. The second kappa shape index (κ2) is 3.33. The van der Waals surface area contributed by atoms with Crippen molar-refractivity contribution in [1.29, 1.82) is 0 Å². The summed E-state index contributed by atoms with van der Waals surface area (Å²) in [6, 6.07) is 0. The fraction of sp³-hybridized carbons (Fsp3) is 0.125. The van der Waals surface area contributed by atoms with Crippen molar-refractivity contribution < 1.29 is 4.79 Å². The minimum Gasteiger partial charge on any atom is -0.331 e. The molecular formula is C8H9N5O. The molecule has 2 aromatic heterocycles. The highest BCUT2D eigenvalue weighted by molar-refractivity contribution is 6.04. The topological polar surface area (TPSA) is 77.7 Å². The molecule has 0 atom stereocenters. The van der Waals surface area contributed by atoms with Gasteiger partial charge in [0.15, 0.2) is 0 Å². The van der Waals surface area contributed by atoms with E-state index in [9.17, 15) is 4.79 Å². The van der Waals surface area contributed by atoms with Gasteiger partial charge in [0.05, 0.1) is 24.3 Å². The maximum atomic E-state index is 11.7.